The first-order chi connectivity index (χ1) is 16.7. The number of benzene rings is 2. The lowest BCUT2D eigenvalue weighted by molar-refractivity contribution is -0.137. The Hall–Kier alpha value is -3.05. The van der Waals surface area contributed by atoms with Crippen molar-refractivity contribution in [3.8, 4) is 0 Å². The summed E-state index contributed by atoms with van der Waals surface area (Å²) < 4.78 is 39.4. The quantitative estimate of drug-likeness (QED) is 0.368. The molecule has 188 valence electrons. The lowest BCUT2D eigenvalue weighted by Gasteiger charge is -2.39. The number of nitrogens with one attached hydrogen (secondary N) is 1. The van der Waals surface area contributed by atoms with Crippen molar-refractivity contribution in [3.05, 3.63) is 53.6 Å². The number of hydrazone groups is 1. The normalized spacial score (nSPS) is 17.8. The van der Waals surface area contributed by atoms with Crippen LogP contribution in [-0.4, -0.2) is 75.6 Å². The Morgan fingerprint density at radius 3 is 2.11 bits per heavy atom. The van der Waals surface area contributed by atoms with Gasteiger partial charge in [-0.05, 0) is 55.7 Å². The summed E-state index contributed by atoms with van der Waals surface area (Å²) in [7, 11) is 2.12. The first kappa shape index (κ1) is 25.1. The van der Waals surface area contributed by atoms with Crippen molar-refractivity contribution < 1.29 is 13.2 Å². The predicted molar refractivity (Wildman–Crippen MR) is 140 cm³/mol. The van der Waals surface area contributed by atoms with Crippen LogP contribution in [0.1, 0.15) is 11.1 Å². The molecule has 0 radical (unpaired) electrons. The summed E-state index contributed by atoms with van der Waals surface area (Å²) in [6.45, 7) is 6.49. The standard InChI is InChI=1S/C24H30F3N7S/c1-31-7-9-34(10-8-31)22-16-21(6-5-18(22)17-29-30-23(28)35)33-13-11-32(12-14-33)20-4-2-3-19(15-20)24(25,26)27/h2-6,15-17H,7-14H2,1H3,(H3,28,30,35)/b29-17+. The van der Waals surface area contributed by atoms with Crippen LogP contribution >= 0.6 is 12.2 Å². The highest BCUT2D eigenvalue weighted by atomic mass is 32.1. The lowest BCUT2D eigenvalue weighted by Crippen LogP contribution is -2.47. The van der Waals surface area contributed by atoms with Crippen LogP contribution in [0.3, 0.4) is 0 Å². The molecule has 7 nitrogen and oxygen atoms in total. The first-order valence-corrected chi connectivity index (χ1v) is 11.9. The number of rotatable bonds is 5. The van der Waals surface area contributed by atoms with Crippen LogP contribution in [0.15, 0.2) is 47.6 Å². The second-order valence-corrected chi connectivity index (χ2v) is 9.23. The molecule has 2 aliphatic rings. The molecule has 4 rings (SSSR count). The predicted octanol–water partition coefficient (Wildman–Crippen LogP) is 2.95. The van der Waals surface area contributed by atoms with Gasteiger partial charge < -0.3 is 25.3 Å². The highest BCUT2D eigenvalue weighted by Gasteiger charge is 2.31. The second-order valence-electron chi connectivity index (χ2n) is 8.79. The van der Waals surface area contributed by atoms with Crippen LogP contribution in [-0.2, 0) is 6.18 Å². The molecule has 0 atom stereocenters. The smallest absolute Gasteiger partial charge is 0.375 e. The van der Waals surface area contributed by atoms with Crippen molar-refractivity contribution in [1.82, 2.24) is 10.3 Å². The van der Waals surface area contributed by atoms with Gasteiger partial charge in [-0.1, -0.05) is 6.07 Å². The molecule has 11 heteroatoms. The van der Waals surface area contributed by atoms with E-state index in [0.29, 0.717) is 18.8 Å². The fourth-order valence-corrected chi connectivity index (χ4v) is 4.48. The molecule has 2 aromatic rings. The van der Waals surface area contributed by atoms with E-state index in [1.165, 1.54) is 12.1 Å². The zero-order chi connectivity index (χ0) is 25.0. The number of likely N-dealkylation sites (N-methyl/N-ethyl adjacent to an activating group) is 1. The van der Waals surface area contributed by atoms with Crippen molar-refractivity contribution in [3.63, 3.8) is 0 Å². The van der Waals surface area contributed by atoms with Crippen LogP contribution in [0.25, 0.3) is 0 Å². The third-order valence-corrected chi connectivity index (χ3v) is 6.51. The van der Waals surface area contributed by atoms with E-state index in [-0.39, 0.29) is 5.11 Å². The summed E-state index contributed by atoms with van der Waals surface area (Å²) in [5.74, 6) is 0. The molecule has 0 aliphatic carbocycles. The van der Waals surface area contributed by atoms with E-state index in [1.807, 2.05) is 11.0 Å². The summed E-state index contributed by atoms with van der Waals surface area (Å²) in [6.07, 6.45) is -2.62. The van der Waals surface area contributed by atoms with Gasteiger partial charge in [0.2, 0.25) is 0 Å². The van der Waals surface area contributed by atoms with Crippen molar-refractivity contribution in [1.29, 1.82) is 0 Å². The molecule has 2 aromatic carbocycles. The number of halogens is 3. The maximum Gasteiger partial charge on any atom is 0.416 e. The molecule has 2 fully saturated rings. The molecule has 35 heavy (non-hydrogen) atoms. The minimum atomic E-state index is -4.34. The number of hydrogen-bond acceptors (Lipinski definition) is 6. The van der Waals surface area contributed by atoms with Gasteiger partial charge in [0.1, 0.15) is 0 Å². The first-order valence-electron chi connectivity index (χ1n) is 11.5. The Labute approximate surface area is 209 Å². The highest BCUT2D eigenvalue weighted by molar-refractivity contribution is 7.80. The third-order valence-electron chi connectivity index (χ3n) is 6.42. The summed E-state index contributed by atoms with van der Waals surface area (Å²) >= 11 is 4.83. The summed E-state index contributed by atoms with van der Waals surface area (Å²) in [6, 6.07) is 11.8. The largest absolute Gasteiger partial charge is 0.416 e. The average molecular weight is 506 g/mol. The molecular formula is C24H30F3N7S. The Morgan fingerprint density at radius 1 is 0.914 bits per heavy atom. The lowest BCUT2D eigenvalue weighted by atomic mass is 10.1. The molecule has 0 unspecified atom stereocenters. The van der Waals surface area contributed by atoms with Crippen LogP contribution in [0.4, 0.5) is 30.2 Å². The van der Waals surface area contributed by atoms with Gasteiger partial charge in [0.05, 0.1) is 11.8 Å². The van der Waals surface area contributed by atoms with Gasteiger partial charge in [-0.15, -0.1) is 0 Å². The van der Waals surface area contributed by atoms with Crippen LogP contribution < -0.4 is 25.9 Å². The molecule has 0 spiro atoms. The van der Waals surface area contributed by atoms with E-state index in [2.05, 4.69) is 44.4 Å². The van der Waals surface area contributed by atoms with E-state index in [0.717, 1.165) is 62.3 Å². The Kier molecular flexibility index (Phi) is 7.66. The van der Waals surface area contributed by atoms with Crippen LogP contribution in [0.5, 0.6) is 0 Å². The number of nitrogens with zero attached hydrogens (tertiary/aromatic N) is 5. The van der Waals surface area contributed by atoms with E-state index in [9.17, 15) is 13.2 Å². The van der Waals surface area contributed by atoms with E-state index in [4.69, 9.17) is 18.0 Å². The third kappa shape index (κ3) is 6.34. The molecular weight excluding hydrogens is 475 g/mol. The minimum absolute atomic E-state index is 0.109. The van der Waals surface area contributed by atoms with Gasteiger partial charge in [-0.2, -0.15) is 18.3 Å². The SMILES string of the molecule is CN1CCN(c2cc(N3CCN(c4cccc(C(F)(F)F)c4)CC3)ccc2/C=N/NC(N)=S)CC1. The Bertz CT molecular complexity index is 1060. The summed E-state index contributed by atoms with van der Waals surface area (Å²) in [5, 5.41) is 4.25. The van der Waals surface area contributed by atoms with Crippen molar-refractivity contribution >= 4 is 40.6 Å². The highest BCUT2D eigenvalue weighted by Crippen LogP contribution is 2.33. The van der Waals surface area contributed by atoms with E-state index >= 15 is 0 Å². The zero-order valence-corrected chi connectivity index (χ0v) is 20.4. The number of piperazine rings is 2. The molecule has 0 saturated carbocycles. The molecule has 3 N–H and O–H groups in total. The molecule has 2 aliphatic heterocycles. The number of nitrogens with two attached hydrogens (primary N) is 1. The molecule has 2 heterocycles. The van der Waals surface area contributed by atoms with Gasteiger partial charge >= 0.3 is 6.18 Å². The van der Waals surface area contributed by atoms with Crippen molar-refractivity contribution in [2.45, 2.75) is 6.18 Å². The number of alkyl halides is 3. The van der Waals surface area contributed by atoms with Crippen LogP contribution in [0, 0.1) is 0 Å². The number of thiocarbonyl (C=S) groups is 1. The van der Waals surface area contributed by atoms with Crippen molar-refractivity contribution in [2.75, 3.05) is 74.1 Å². The zero-order valence-electron chi connectivity index (χ0n) is 19.6. The summed E-state index contributed by atoms with van der Waals surface area (Å²) in [4.78, 5) is 8.94. The topological polar surface area (TPSA) is 63.4 Å². The van der Waals surface area contributed by atoms with Crippen LogP contribution in [0.2, 0.25) is 0 Å². The van der Waals surface area contributed by atoms with Gasteiger partial charge in [0.15, 0.2) is 5.11 Å². The summed E-state index contributed by atoms with van der Waals surface area (Å²) in [5.41, 5.74) is 11.2. The number of hydrogen-bond donors (Lipinski definition) is 2. The Morgan fingerprint density at radius 2 is 1.51 bits per heavy atom. The molecule has 0 bridgehead atoms. The van der Waals surface area contributed by atoms with Crippen molar-refractivity contribution in [2.24, 2.45) is 10.8 Å². The monoisotopic (exact) mass is 505 g/mol. The maximum atomic E-state index is 13.1. The van der Waals surface area contributed by atoms with Gasteiger partial charge in [0.25, 0.3) is 0 Å². The Balaban J connectivity index is 1.49. The van der Waals surface area contributed by atoms with Gasteiger partial charge in [-0.3, -0.25) is 5.43 Å². The van der Waals surface area contributed by atoms with E-state index in [1.54, 1.807) is 12.3 Å². The van der Waals surface area contributed by atoms with Gasteiger partial charge in [-0.25, -0.2) is 0 Å². The minimum Gasteiger partial charge on any atom is -0.375 e. The molecule has 0 aromatic heterocycles. The van der Waals surface area contributed by atoms with Gasteiger partial charge in [0, 0.05) is 75.0 Å². The van der Waals surface area contributed by atoms with E-state index < -0.39 is 11.7 Å². The fourth-order valence-electron chi connectivity index (χ4n) is 4.43. The molecule has 0 amide bonds. The number of anilines is 3. The molecule has 2 saturated heterocycles. The average Bonchev–Trinajstić information content (AvgIpc) is 2.84. The maximum absolute atomic E-state index is 13.1. The second kappa shape index (κ2) is 10.7. The fraction of sp³-hybridized carbons (Fsp3) is 0.417.